The van der Waals surface area contributed by atoms with E-state index in [1.807, 2.05) is 35.4 Å². The summed E-state index contributed by atoms with van der Waals surface area (Å²) >= 11 is 1.52. The van der Waals surface area contributed by atoms with E-state index >= 15 is 0 Å². The zero-order valence-corrected chi connectivity index (χ0v) is 17.7. The third kappa shape index (κ3) is 4.10. The van der Waals surface area contributed by atoms with Crippen molar-refractivity contribution in [2.24, 2.45) is 0 Å². The topological polar surface area (TPSA) is 69.3 Å². The SMILES string of the molecule is C#CCN(C)C(=O)c1csc(C2CCN(C(=O)Cc3c[nH]c4ccccc34)CC2)n1. The Balaban J connectivity index is 1.34. The molecule has 0 unspecified atom stereocenters. The van der Waals surface area contributed by atoms with Gasteiger partial charge in [-0.2, -0.15) is 0 Å². The van der Waals surface area contributed by atoms with Crippen LogP contribution in [0, 0.1) is 12.3 Å². The number of carbonyl (C=O) groups excluding carboxylic acids is 2. The molecule has 154 valence electrons. The number of amides is 2. The Hall–Kier alpha value is -3.11. The van der Waals surface area contributed by atoms with Crippen LogP contribution in [0.3, 0.4) is 0 Å². The summed E-state index contributed by atoms with van der Waals surface area (Å²) in [5, 5.41) is 3.88. The molecule has 1 aliphatic rings. The van der Waals surface area contributed by atoms with Gasteiger partial charge < -0.3 is 14.8 Å². The molecule has 0 radical (unpaired) electrons. The van der Waals surface area contributed by atoms with Crippen LogP contribution < -0.4 is 0 Å². The van der Waals surface area contributed by atoms with E-state index in [2.05, 4.69) is 15.9 Å². The molecule has 3 aromatic rings. The van der Waals surface area contributed by atoms with Gasteiger partial charge in [-0.3, -0.25) is 9.59 Å². The number of H-pyrrole nitrogens is 1. The minimum Gasteiger partial charge on any atom is -0.361 e. The summed E-state index contributed by atoms with van der Waals surface area (Å²) in [5.41, 5.74) is 2.54. The van der Waals surface area contributed by atoms with Gasteiger partial charge in [0, 0.05) is 48.5 Å². The van der Waals surface area contributed by atoms with Gasteiger partial charge in [-0.25, -0.2) is 4.98 Å². The van der Waals surface area contributed by atoms with Gasteiger partial charge in [-0.1, -0.05) is 24.1 Å². The molecule has 6 nitrogen and oxygen atoms in total. The highest BCUT2D eigenvalue weighted by atomic mass is 32.1. The molecule has 0 aliphatic carbocycles. The van der Waals surface area contributed by atoms with Crippen molar-refractivity contribution in [3.8, 4) is 12.3 Å². The van der Waals surface area contributed by atoms with Gasteiger partial charge in [0.2, 0.25) is 5.91 Å². The van der Waals surface area contributed by atoms with E-state index in [1.165, 1.54) is 16.2 Å². The average Bonchev–Trinajstić information content (AvgIpc) is 3.41. The molecule has 1 aromatic carbocycles. The fourth-order valence-corrected chi connectivity index (χ4v) is 4.87. The van der Waals surface area contributed by atoms with Crippen molar-refractivity contribution in [2.45, 2.75) is 25.2 Å². The zero-order valence-electron chi connectivity index (χ0n) is 16.9. The Morgan fingerprint density at radius 3 is 2.87 bits per heavy atom. The highest BCUT2D eigenvalue weighted by molar-refractivity contribution is 7.09. The number of hydrogen-bond acceptors (Lipinski definition) is 4. The number of fused-ring (bicyclic) bond motifs is 1. The summed E-state index contributed by atoms with van der Waals surface area (Å²) in [7, 11) is 1.68. The summed E-state index contributed by atoms with van der Waals surface area (Å²) in [6.45, 7) is 1.69. The first-order valence-electron chi connectivity index (χ1n) is 10.0. The number of rotatable bonds is 5. The van der Waals surface area contributed by atoms with Crippen molar-refractivity contribution in [3.63, 3.8) is 0 Å². The van der Waals surface area contributed by atoms with Crippen molar-refractivity contribution >= 4 is 34.1 Å². The Bertz CT molecular complexity index is 1100. The van der Waals surface area contributed by atoms with Gasteiger partial charge in [0.15, 0.2) is 0 Å². The second-order valence-electron chi connectivity index (χ2n) is 7.63. The lowest BCUT2D eigenvalue weighted by Gasteiger charge is -2.31. The van der Waals surface area contributed by atoms with Crippen LogP contribution in [-0.4, -0.2) is 58.3 Å². The van der Waals surface area contributed by atoms with Gasteiger partial charge >= 0.3 is 0 Å². The molecule has 4 rings (SSSR count). The molecule has 2 amide bonds. The second kappa shape index (κ2) is 8.72. The monoisotopic (exact) mass is 420 g/mol. The first-order chi connectivity index (χ1) is 14.6. The van der Waals surface area contributed by atoms with Crippen LogP contribution in [0.1, 0.15) is 39.8 Å². The maximum absolute atomic E-state index is 12.8. The molecular formula is C23H24N4O2S. The van der Waals surface area contributed by atoms with Crippen LogP contribution in [0.25, 0.3) is 10.9 Å². The van der Waals surface area contributed by atoms with Gasteiger partial charge in [-0.15, -0.1) is 17.8 Å². The molecule has 0 atom stereocenters. The predicted molar refractivity (Wildman–Crippen MR) is 118 cm³/mol. The highest BCUT2D eigenvalue weighted by Crippen LogP contribution is 2.31. The molecule has 3 heterocycles. The number of terminal acetylenes is 1. The average molecular weight is 421 g/mol. The molecule has 1 aliphatic heterocycles. The van der Waals surface area contributed by atoms with Crippen LogP contribution in [0.4, 0.5) is 0 Å². The summed E-state index contributed by atoms with van der Waals surface area (Å²) in [6.07, 6.45) is 9.34. The Morgan fingerprint density at radius 1 is 1.33 bits per heavy atom. The van der Waals surface area contributed by atoms with Gasteiger partial charge in [-0.05, 0) is 24.5 Å². The number of para-hydroxylation sites is 1. The van der Waals surface area contributed by atoms with E-state index < -0.39 is 0 Å². The van der Waals surface area contributed by atoms with E-state index in [0.29, 0.717) is 25.2 Å². The third-order valence-electron chi connectivity index (χ3n) is 5.63. The van der Waals surface area contributed by atoms with E-state index in [9.17, 15) is 9.59 Å². The number of hydrogen-bond donors (Lipinski definition) is 1. The van der Waals surface area contributed by atoms with E-state index in [-0.39, 0.29) is 24.3 Å². The van der Waals surface area contributed by atoms with Gasteiger partial charge in [0.25, 0.3) is 5.91 Å². The first kappa shape index (κ1) is 20.2. The molecular weight excluding hydrogens is 396 g/mol. The summed E-state index contributed by atoms with van der Waals surface area (Å²) in [6, 6.07) is 8.04. The second-order valence-corrected chi connectivity index (χ2v) is 8.52. The molecule has 2 aromatic heterocycles. The largest absolute Gasteiger partial charge is 0.361 e. The number of likely N-dealkylation sites (tertiary alicyclic amines) is 1. The number of nitrogens with zero attached hydrogens (tertiary/aromatic N) is 3. The maximum Gasteiger partial charge on any atom is 0.273 e. The maximum atomic E-state index is 12.8. The number of piperidine rings is 1. The minimum absolute atomic E-state index is 0.151. The number of aromatic amines is 1. The highest BCUT2D eigenvalue weighted by Gasteiger charge is 2.27. The Labute approximate surface area is 179 Å². The Kier molecular flexibility index (Phi) is 5.86. The molecule has 7 heteroatoms. The molecule has 0 saturated carbocycles. The minimum atomic E-state index is -0.151. The molecule has 1 fully saturated rings. The lowest BCUT2D eigenvalue weighted by Crippen LogP contribution is -2.38. The summed E-state index contributed by atoms with van der Waals surface area (Å²) < 4.78 is 0. The van der Waals surface area contributed by atoms with Crippen molar-refractivity contribution in [1.29, 1.82) is 0 Å². The fourth-order valence-electron chi connectivity index (χ4n) is 3.91. The normalized spacial score (nSPS) is 14.6. The lowest BCUT2D eigenvalue weighted by molar-refractivity contribution is -0.131. The molecule has 1 N–H and O–H groups in total. The third-order valence-corrected chi connectivity index (χ3v) is 6.64. The standard InChI is InChI=1S/C23H24N4O2S/c1-3-10-26(2)23(29)20-15-30-22(25-20)16-8-11-27(12-9-16)21(28)13-17-14-24-19-7-5-4-6-18(17)19/h1,4-7,14-16,24H,8-13H2,2H3. The van der Waals surface area contributed by atoms with Crippen LogP contribution in [0.5, 0.6) is 0 Å². The summed E-state index contributed by atoms with van der Waals surface area (Å²) in [4.78, 5) is 36.4. The number of nitrogens with one attached hydrogen (secondary N) is 1. The van der Waals surface area contributed by atoms with Crippen molar-refractivity contribution in [3.05, 3.63) is 52.1 Å². The quantitative estimate of drug-likeness (QED) is 0.644. The number of thiazole rings is 1. The smallest absolute Gasteiger partial charge is 0.273 e. The van der Waals surface area contributed by atoms with Crippen LogP contribution in [0.2, 0.25) is 0 Å². The number of benzene rings is 1. The molecule has 0 bridgehead atoms. The van der Waals surface area contributed by atoms with Gasteiger partial charge in [0.1, 0.15) is 5.69 Å². The van der Waals surface area contributed by atoms with Crippen LogP contribution in [0.15, 0.2) is 35.8 Å². The predicted octanol–water partition coefficient (Wildman–Crippen LogP) is 3.28. The number of aromatic nitrogens is 2. The summed E-state index contributed by atoms with van der Waals surface area (Å²) in [5.74, 6) is 2.76. The van der Waals surface area contributed by atoms with E-state index in [0.717, 1.165) is 34.3 Å². The van der Waals surface area contributed by atoms with E-state index in [1.54, 1.807) is 12.4 Å². The molecule has 30 heavy (non-hydrogen) atoms. The zero-order chi connectivity index (χ0) is 21.1. The van der Waals surface area contributed by atoms with Crippen LogP contribution >= 0.6 is 11.3 Å². The van der Waals surface area contributed by atoms with Gasteiger partial charge in [0.05, 0.1) is 18.0 Å². The molecule has 0 spiro atoms. The number of carbonyl (C=O) groups is 2. The fraction of sp³-hybridized carbons (Fsp3) is 0.348. The van der Waals surface area contributed by atoms with Crippen molar-refractivity contribution in [1.82, 2.24) is 19.8 Å². The van der Waals surface area contributed by atoms with Crippen molar-refractivity contribution in [2.75, 3.05) is 26.7 Å². The first-order valence-corrected chi connectivity index (χ1v) is 10.9. The van der Waals surface area contributed by atoms with Crippen molar-refractivity contribution < 1.29 is 9.59 Å². The van der Waals surface area contributed by atoms with Crippen LogP contribution in [-0.2, 0) is 11.2 Å². The van der Waals surface area contributed by atoms with E-state index in [4.69, 9.17) is 6.42 Å². The Morgan fingerprint density at radius 2 is 2.10 bits per heavy atom. The molecule has 1 saturated heterocycles. The lowest BCUT2D eigenvalue weighted by atomic mass is 9.97.